The topological polar surface area (TPSA) is 66.5 Å². The van der Waals surface area contributed by atoms with Crippen LogP contribution >= 0.6 is 0 Å². The zero-order valence-corrected chi connectivity index (χ0v) is 14.9. The quantitative estimate of drug-likeness (QED) is 0.676. The molecular formula is C22H14F2N2O3. The number of amides is 3. The lowest BCUT2D eigenvalue weighted by atomic mass is 10.1. The van der Waals surface area contributed by atoms with E-state index in [-0.39, 0.29) is 22.5 Å². The van der Waals surface area contributed by atoms with Gasteiger partial charge >= 0.3 is 5.92 Å². The molecule has 0 radical (unpaired) electrons. The Morgan fingerprint density at radius 3 is 1.83 bits per heavy atom. The van der Waals surface area contributed by atoms with Gasteiger partial charge in [-0.2, -0.15) is 8.78 Å². The number of imide groups is 1. The van der Waals surface area contributed by atoms with Crippen LogP contribution in [-0.2, 0) is 10.7 Å². The minimum Gasteiger partial charge on any atom is -0.321 e. The fraction of sp³-hybridized carbons (Fsp3) is 0.0455. The first-order chi connectivity index (χ1) is 13.9. The van der Waals surface area contributed by atoms with Gasteiger partial charge in [0.1, 0.15) is 0 Å². The molecule has 4 rings (SSSR count). The zero-order chi connectivity index (χ0) is 20.6. The summed E-state index contributed by atoms with van der Waals surface area (Å²) in [5.41, 5.74) is 0.369. The number of carbonyl (C=O) groups excluding carboxylic acids is 3. The molecule has 3 amide bonds. The molecule has 5 nitrogen and oxygen atoms in total. The summed E-state index contributed by atoms with van der Waals surface area (Å²) in [6.07, 6.45) is 0. The number of benzene rings is 3. The van der Waals surface area contributed by atoms with Gasteiger partial charge in [0.2, 0.25) is 0 Å². The van der Waals surface area contributed by atoms with Crippen LogP contribution in [-0.4, -0.2) is 17.7 Å². The smallest absolute Gasteiger partial charge is 0.321 e. The minimum absolute atomic E-state index is 0.152. The lowest BCUT2D eigenvalue weighted by Crippen LogP contribution is -2.32. The number of hydrogen-bond donors (Lipinski definition) is 1. The predicted octanol–water partition coefficient (Wildman–Crippen LogP) is 4.22. The van der Waals surface area contributed by atoms with E-state index in [0.717, 1.165) is 17.0 Å². The molecule has 0 saturated carbocycles. The number of alkyl halides is 2. The van der Waals surface area contributed by atoms with Crippen LogP contribution in [0.4, 0.5) is 20.2 Å². The number of fused-ring (bicyclic) bond motifs is 1. The maximum Gasteiger partial charge on any atom is 0.350 e. The lowest BCUT2D eigenvalue weighted by molar-refractivity contribution is -0.140. The Bertz CT molecular complexity index is 1080. The molecule has 7 heteroatoms. The van der Waals surface area contributed by atoms with Crippen molar-refractivity contribution < 1.29 is 23.2 Å². The van der Waals surface area contributed by atoms with Gasteiger partial charge in [-0.1, -0.05) is 42.5 Å². The van der Waals surface area contributed by atoms with Gasteiger partial charge in [-0.3, -0.25) is 14.4 Å². The van der Waals surface area contributed by atoms with Crippen LogP contribution in [0.3, 0.4) is 0 Å². The molecule has 1 aliphatic rings. The van der Waals surface area contributed by atoms with Gasteiger partial charge in [-0.05, 0) is 36.4 Å². The molecule has 3 aromatic rings. The Morgan fingerprint density at radius 2 is 1.28 bits per heavy atom. The van der Waals surface area contributed by atoms with E-state index in [2.05, 4.69) is 5.32 Å². The molecule has 1 aliphatic heterocycles. The number of rotatable bonds is 4. The van der Waals surface area contributed by atoms with Crippen LogP contribution in [0.5, 0.6) is 0 Å². The Balaban J connectivity index is 1.57. The molecule has 0 aliphatic carbocycles. The summed E-state index contributed by atoms with van der Waals surface area (Å²) in [6, 6.07) is 18.8. The fourth-order valence-corrected chi connectivity index (χ4v) is 3.11. The first-order valence-electron chi connectivity index (χ1n) is 8.72. The average molecular weight is 392 g/mol. The lowest BCUT2D eigenvalue weighted by Gasteiger charge is -2.18. The van der Waals surface area contributed by atoms with E-state index in [4.69, 9.17) is 0 Å². The summed E-state index contributed by atoms with van der Waals surface area (Å²) in [6.45, 7) is 0. The molecule has 0 unspecified atom stereocenters. The van der Waals surface area contributed by atoms with Crippen molar-refractivity contribution in [2.45, 2.75) is 5.92 Å². The highest BCUT2D eigenvalue weighted by atomic mass is 19.3. The Morgan fingerprint density at radius 1 is 0.759 bits per heavy atom. The second-order valence-electron chi connectivity index (χ2n) is 6.43. The van der Waals surface area contributed by atoms with Crippen LogP contribution in [0.1, 0.15) is 26.3 Å². The molecule has 0 saturated heterocycles. The maximum absolute atomic E-state index is 14.6. The molecule has 144 valence electrons. The van der Waals surface area contributed by atoms with Crippen LogP contribution in [0.15, 0.2) is 78.9 Å². The number of hydrogen-bond acceptors (Lipinski definition) is 3. The van der Waals surface area contributed by atoms with E-state index >= 15 is 0 Å². The molecule has 0 aromatic heterocycles. The highest BCUT2D eigenvalue weighted by Gasteiger charge is 2.42. The van der Waals surface area contributed by atoms with Crippen molar-refractivity contribution in [2.75, 3.05) is 10.2 Å². The standard InChI is InChI=1S/C22H14F2N2O3/c23-22(24,21(29)25-15-6-2-1-3-7-15)14-10-12-16(13-11-14)26-19(27)17-8-4-5-9-18(17)20(26)28/h1-13H,(H,25,29). The number of para-hydroxylation sites is 1. The van der Waals surface area contributed by atoms with E-state index in [1.165, 1.54) is 36.4 Å². The van der Waals surface area contributed by atoms with Crippen LogP contribution in [0, 0.1) is 0 Å². The van der Waals surface area contributed by atoms with E-state index in [1.54, 1.807) is 30.3 Å². The number of anilines is 2. The average Bonchev–Trinajstić information content (AvgIpc) is 2.99. The summed E-state index contributed by atoms with van der Waals surface area (Å²) in [5.74, 6) is -6.31. The zero-order valence-electron chi connectivity index (χ0n) is 14.9. The van der Waals surface area contributed by atoms with Crippen molar-refractivity contribution in [3.8, 4) is 0 Å². The molecule has 0 bridgehead atoms. The fourth-order valence-electron chi connectivity index (χ4n) is 3.11. The van der Waals surface area contributed by atoms with Crippen molar-refractivity contribution >= 4 is 29.1 Å². The van der Waals surface area contributed by atoms with E-state index < -0.39 is 29.2 Å². The highest BCUT2D eigenvalue weighted by molar-refractivity contribution is 6.34. The van der Waals surface area contributed by atoms with Crippen molar-refractivity contribution in [1.82, 2.24) is 0 Å². The van der Waals surface area contributed by atoms with Crippen LogP contribution < -0.4 is 10.2 Å². The Kier molecular flexibility index (Phi) is 4.43. The van der Waals surface area contributed by atoms with Gasteiger partial charge in [0.15, 0.2) is 0 Å². The molecular weight excluding hydrogens is 378 g/mol. The monoisotopic (exact) mass is 392 g/mol. The Labute approximate surface area is 164 Å². The van der Waals surface area contributed by atoms with E-state index in [9.17, 15) is 23.2 Å². The molecule has 3 aromatic carbocycles. The normalized spacial score (nSPS) is 13.4. The molecule has 0 atom stereocenters. The van der Waals surface area contributed by atoms with Crippen molar-refractivity contribution in [1.29, 1.82) is 0 Å². The van der Waals surface area contributed by atoms with Crippen molar-refractivity contribution in [3.63, 3.8) is 0 Å². The van der Waals surface area contributed by atoms with E-state index in [1.807, 2.05) is 0 Å². The summed E-state index contributed by atoms with van der Waals surface area (Å²) in [7, 11) is 0. The largest absolute Gasteiger partial charge is 0.350 e. The molecule has 0 spiro atoms. The summed E-state index contributed by atoms with van der Waals surface area (Å²) >= 11 is 0. The second-order valence-corrected chi connectivity index (χ2v) is 6.43. The number of nitrogens with one attached hydrogen (secondary N) is 1. The summed E-state index contributed by atoms with van der Waals surface area (Å²) < 4.78 is 29.1. The predicted molar refractivity (Wildman–Crippen MR) is 103 cm³/mol. The number of nitrogens with zero attached hydrogens (tertiary/aromatic N) is 1. The third kappa shape index (κ3) is 3.16. The Hall–Kier alpha value is -3.87. The van der Waals surface area contributed by atoms with Gasteiger partial charge in [0, 0.05) is 11.3 Å². The molecule has 29 heavy (non-hydrogen) atoms. The molecule has 1 N–H and O–H groups in total. The first-order valence-corrected chi connectivity index (χ1v) is 8.72. The second kappa shape index (κ2) is 6.94. The van der Waals surface area contributed by atoms with Gasteiger partial charge in [-0.25, -0.2) is 4.90 Å². The van der Waals surface area contributed by atoms with Gasteiger partial charge in [0.05, 0.1) is 16.8 Å². The van der Waals surface area contributed by atoms with Gasteiger partial charge < -0.3 is 5.32 Å². The third-order valence-corrected chi connectivity index (χ3v) is 4.60. The maximum atomic E-state index is 14.6. The number of carbonyl (C=O) groups is 3. The summed E-state index contributed by atoms with van der Waals surface area (Å²) in [5, 5.41) is 2.17. The van der Waals surface area contributed by atoms with Crippen molar-refractivity contribution in [2.24, 2.45) is 0 Å². The summed E-state index contributed by atoms with van der Waals surface area (Å²) in [4.78, 5) is 38.0. The molecule has 1 heterocycles. The third-order valence-electron chi connectivity index (χ3n) is 4.60. The van der Waals surface area contributed by atoms with Crippen LogP contribution in [0.2, 0.25) is 0 Å². The SMILES string of the molecule is O=C1c2ccccc2C(=O)N1c1ccc(C(F)(F)C(=O)Nc2ccccc2)cc1. The van der Waals surface area contributed by atoms with Crippen LogP contribution in [0.25, 0.3) is 0 Å². The van der Waals surface area contributed by atoms with Crippen molar-refractivity contribution in [3.05, 3.63) is 95.6 Å². The first kappa shape index (κ1) is 18.5. The minimum atomic E-state index is -3.80. The van der Waals surface area contributed by atoms with Gasteiger partial charge in [0.25, 0.3) is 17.7 Å². The van der Waals surface area contributed by atoms with Gasteiger partial charge in [-0.15, -0.1) is 0 Å². The van der Waals surface area contributed by atoms with E-state index in [0.29, 0.717) is 0 Å². The highest BCUT2D eigenvalue weighted by Crippen LogP contribution is 2.33. The number of halogens is 2. The molecule has 0 fully saturated rings.